The summed E-state index contributed by atoms with van der Waals surface area (Å²) in [4.78, 5) is 32.7. The highest BCUT2D eigenvalue weighted by Crippen LogP contribution is 2.39. The number of hydrogen-bond donors (Lipinski definition) is 1. The molecule has 0 aromatic heterocycles. The van der Waals surface area contributed by atoms with Crippen molar-refractivity contribution >= 4 is 35.2 Å². The van der Waals surface area contributed by atoms with E-state index in [9.17, 15) is 14.7 Å². The number of carbonyl (C=O) groups excluding carboxylic acids is 1. The quantitative estimate of drug-likeness (QED) is 0.668. The van der Waals surface area contributed by atoms with Gasteiger partial charge >= 0.3 is 12.1 Å². The van der Waals surface area contributed by atoms with Crippen molar-refractivity contribution in [2.75, 3.05) is 19.6 Å². The van der Waals surface area contributed by atoms with Gasteiger partial charge in [0.2, 0.25) is 0 Å². The number of carboxylic acids is 1. The number of amides is 1. The predicted octanol–water partition coefficient (Wildman–Crippen LogP) is 4.92. The molecule has 1 N–H and O–H groups in total. The van der Waals surface area contributed by atoms with Crippen LogP contribution < -0.4 is 4.74 Å². The average molecular weight is 472 g/mol. The van der Waals surface area contributed by atoms with E-state index >= 15 is 0 Å². The molecule has 4 rings (SSSR count). The SMILES string of the molecule is CC(C)(C)OC(=O)N1CCN(C2=Nc3cc(Cl)ccc3Oc3ccccc32)CC1CC(=O)O. The van der Waals surface area contributed by atoms with Crippen LogP contribution in [0, 0.1) is 0 Å². The van der Waals surface area contributed by atoms with E-state index in [4.69, 9.17) is 26.1 Å². The number of piperazine rings is 1. The Balaban J connectivity index is 1.69. The number of benzene rings is 2. The molecule has 0 aliphatic carbocycles. The second kappa shape index (κ2) is 8.94. The van der Waals surface area contributed by atoms with Gasteiger partial charge in [0, 0.05) is 24.7 Å². The lowest BCUT2D eigenvalue weighted by atomic mass is 10.1. The molecule has 1 fully saturated rings. The number of nitrogens with zero attached hydrogens (tertiary/aromatic N) is 3. The number of carbonyl (C=O) groups is 2. The summed E-state index contributed by atoms with van der Waals surface area (Å²) in [6, 6.07) is 12.2. The van der Waals surface area contributed by atoms with Crippen LogP contribution in [0.25, 0.3) is 0 Å². The highest BCUT2D eigenvalue weighted by atomic mass is 35.5. The lowest BCUT2D eigenvalue weighted by Gasteiger charge is -2.42. The van der Waals surface area contributed by atoms with Gasteiger partial charge < -0.3 is 24.4 Å². The lowest BCUT2D eigenvalue weighted by molar-refractivity contribution is -0.138. The molecule has 0 saturated carbocycles. The third-order valence-electron chi connectivity index (χ3n) is 5.32. The second-order valence-electron chi connectivity index (χ2n) is 9.02. The molecule has 1 atom stereocenters. The molecule has 9 heteroatoms. The number of fused-ring (bicyclic) bond motifs is 2. The molecule has 0 radical (unpaired) electrons. The van der Waals surface area contributed by atoms with E-state index in [1.54, 1.807) is 39.0 Å². The van der Waals surface area contributed by atoms with Crippen molar-refractivity contribution in [3.05, 3.63) is 53.1 Å². The molecule has 2 aromatic rings. The van der Waals surface area contributed by atoms with Crippen LogP contribution in [0.15, 0.2) is 47.5 Å². The Morgan fingerprint density at radius 2 is 1.94 bits per heavy atom. The minimum absolute atomic E-state index is 0.205. The number of halogens is 1. The zero-order valence-corrected chi connectivity index (χ0v) is 19.5. The third kappa shape index (κ3) is 5.22. The van der Waals surface area contributed by atoms with Gasteiger partial charge in [0.1, 0.15) is 22.9 Å². The molecular formula is C24H26ClN3O5. The molecule has 8 nitrogen and oxygen atoms in total. The lowest BCUT2D eigenvalue weighted by Crippen LogP contribution is -2.58. The molecule has 2 aliphatic heterocycles. The van der Waals surface area contributed by atoms with Gasteiger partial charge in [0.25, 0.3) is 0 Å². The highest BCUT2D eigenvalue weighted by molar-refractivity contribution is 6.31. The van der Waals surface area contributed by atoms with Crippen LogP contribution in [-0.2, 0) is 9.53 Å². The Bertz CT molecular complexity index is 1110. The number of rotatable bonds is 2. The first kappa shape index (κ1) is 22.9. The van der Waals surface area contributed by atoms with E-state index in [-0.39, 0.29) is 13.0 Å². The Labute approximate surface area is 197 Å². The summed E-state index contributed by atoms with van der Waals surface area (Å²) < 4.78 is 11.6. The van der Waals surface area contributed by atoms with Crippen molar-refractivity contribution < 1.29 is 24.2 Å². The van der Waals surface area contributed by atoms with E-state index in [0.717, 1.165) is 5.56 Å². The van der Waals surface area contributed by atoms with Gasteiger partial charge in [-0.15, -0.1) is 0 Å². The summed E-state index contributed by atoms with van der Waals surface area (Å²) in [6.45, 7) is 6.40. The number of amidine groups is 1. The minimum Gasteiger partial charge on any atom is -0.481 e. The fraction of sp³-hybridized carbons (Fsp3) is 0.375. The maximum Gasteiger partial charge on any atom is 0.410 e. The molecule has 2 aliphatic rings. The van der Waals surface area contributed by atoms with Gasteiger partial charge in [-0.2, -0.15) is 0 Å². The Hall–Kier alpha value is -3.26. The molecule has 1 unspecified atom stereocenters. The molecule has 1 amide bonds. The van der Waals surface area contributed by atoms with Crippen LogP contribution >= 0.6 is 11.6 Å². The van der Waals surface area contributed by atoms with E-state index in [1.807, 2.05) is 29.2 Å². The molecule has 0 spiro atoms. The number of para-hydroxylation sites is 1. The van der Waals surface area contributed by atoms with Crippen molar-refractivity contribution in [1.82, 2.24) is 9.80 Å². The molecular weight excluding hydrogens is 446 g/mol. The van der Waals surface area contributed by atoms with Crippen LogP contribution in [0.1, 0.15) is 32.8 Å². The van der Waals surface area contributed by atoms with Crippen molar-refractivity contribution in [2.24, 2.45) is 4.99 Å². The predicted molar refractivity (Wildman–Crippen MR) is 125 cm³/mol. The maximum absolute atomic E-state index is 12.8. The summed E-state index contributed by atoms with van der Waals surface area (Å²) in [7, 11) is 0. The summed E-state index contributed by atoms with van der Waals surface area (Å²) in [5.74, 6) is 0.878. The molecule has 33 heavy (non-hydrogen) atoms. The molecule has 1 saturated heterocycles. The second-order valence-corrected chi connectivity index (χ2v) is 9.45. The van der Waals surface area contributed by atoms with Crippen LogP contribution in [0.2, 0.25) is 5.02 Å². The normalized spacial score (nSPS) is 17.8. The fourth-order valence-electron chi connectivity index (χ4n) is 3.92. The zero-order valence-electron chi connectivity index (χ0n) is 18.7. The van der Waals surface area contributed by atoms with Gasteiger partial charge in [-0.3, -0.25) is 4.79 Å². The number of ether oxygens (including phenoxy) is 2. The summed E-state index contributed by atoms with van der Waals surface area (Å²) >= 11 is 6.20. The Morgan fingerprint density at radius 1 is 1.18 bits per heavy atom. The van der Waals surface area contributed by atoms with Gasteiger partial charge in [-0.05, 0) is 51.1 Å². The number of aliphatic carboxylic acids is 1. The minimum atomic E-state index is -0.987. The van der Waals surface area contributed by atoms with Crippen LogP contribution in [0.5, 0.6) is 11.5 Å². The highest BCUT2D eigenvalue weighted by Gasteiger charge is 2.36. The smallest absolute Gasteiger partial charge is 0.410 e. The van der Waals surface area contributed by atoms with Gasteiger partial charge in [0.15, 0.2) is 5.75 Å². The average Bonchev–Trinajstić information content (AvgIpc) is 2.88. The van der Waals surface area contributed by atoms with Crippen molar-refractivity contribution in [2.45, 2.75) is 38.8 Å². The van der Waals surface area contributed by atoms with E-state index in [1.165, 1.54) is 4.90 Å². The van der Waals surface area contributed by atoms with E-state index in [0.29, 0.717) is 41.1 Å². The largest absolute Gasteiger partial charge is 0.481 e. The molecule has 174 valence electrons. The first-order valence-corrected chi connectivity index (χ1v) is 11.1. The van der Waals surface area contributed by atoms with Crippen molar-refractivity contribution in [3.63, 3.8) is 0 Å². The topological polar surface area (TPSA) is 91.7 Å². The Morgan fingerprint density at radius 3 is 2.67 bits per heavy atom. The molecule has 2 heterocycles. The van der Waals surface area contributed by atoms with E-state index < -0.39 is 23.7 Å². The summed E-state index contributed by atoms with van der Waals surface area (Å²) in [5.41, 5.74) is 0.690. The summed E-state index contributed by atoms with van der Waals surface area (Å²) in [6.07, 6.45) is -0.721. The van der Waals surface area contributed by atoms with Gasteiger partial charge in [-0.25, -0.2) is 9.79 Å². The van der Waals surface area contributed by atoms with E-state index in [2.05, 4.69) is 0 Å². The first-order valence-electron chi connectivity index (χ1n) is 10.7. The van der Waals surface area contributed by atoms with Crippen molar-refractivity contribution in [1.29, 1.82) is 0 Å². The fourth-order valence-corrected chi connectivity index (χ4v) is 4.09. The van der Waals surface area contributed by atoms with Crippen molar-refractivity contribution in [3.8, 4) is 11.5 Å². The van der Waals surface area contributed by atoms with Crippen LogP contribution in [-0.4, -0.2) is 64.1 Å². The summed E-state index contributed by atoms with van der Waals surface area (Å²) in [5, 5.41) is 10.0. The molecule has 2 aromatic carbocycles. The first-order chi connectivity index (χ1) is 15.6. The number of carboxylic acid groups (broad SMARTS) is 1. The third-order valence-corrected chi connectivity index (χ3v) is 5.55. The van der Waals surface area contributed by atoms with Crippen LogP contribution in [0.4, 0.5) is 10.5 Å². The van der Waals surface area contributed by atoms with Gasteiger partial charge in [-0.1, -0.05) is 23.7 Å². The standard InChI is InChI=1S/C24H26ClN3O5/c1-24(2,3)33-23(31)28-11-10-27(14-16(28)13-21(29)30)22-17-6-4-5-7-19(17)32-20-9-8-15(25)12-18(20)26-22/h4-9,12,16H,10-11,13-14H2,1-3H3,(H,29,30). The Kier molecular flexibility index (Phi) is 6.21. The number of aliphatic imine (C=N–C) groups is 1. The van der Waals surface area contributed by atoms with Gasteiger partial charge in [0.05, 0.1) is 18.0 Å². The van der Waals surface area contributed by atoms with Crippen LogP contribution in [0.3, 0.4) is 0 Å². The number of hydrogen-bond acceptors (Lipinski definition) is 6. The maximum atomic E-state index is 12.8. The zero-order chi connectivity index (χ0) is 23.8. The molecule has 0 bridgehead atoms. The monoisotopic (exact) mass is 471 g/mol.